The van der Waals surface area contributed by atoms with Crippen molar-refractivity contribution < 1.29 is 9.47 Å². The lowest BCUT2D eigenvalue weighted by Gasteiger charge is -2.16. The van der Waals surface area contributed by atoms with Gasteiger partial charge in [-0.1, -0.05) is 72.8 Å². The number of ether oxygens (including phenoxy) is 2. The van der Waals surface area contributed by atoms with Crippen molar-refractivity contribution in [2.75, 3.05) is 0 Å². The highest BCUT2D eigenvalue weighted by Crippen LogP contribution is 2.43. The van der Waals surface area contributed by atoms with Gasteiger partial charge in [0.15, 0.2) is 23.0 Å². The van der Waals surface area contributed by atoms with Crippen LogP contribution in [0.3, 0.4) is 0 Å². The molecule has 0 aliphatic heterocycles. The lowest BCUT2D eigenvalue weighted by Crippen LogP contribution is -1.97. The normalized spacial score (nSPS) is 11.6. The van der Waals surface area contributed by atoms with E-state index in [1.807, 2.05) is 109 Å². The molecule has 0 N–H and O–H groups in total. The van der Waals surface area contributed by atoms with Gasteiger partial charge in [-0.2, -0.15) is 0 Å². The van der Waals surface area contributed by atoms with Gasteiger partial charge in [0.1, 0.15) is 16.6 Å². The van der Waals surface area contributed by atoms with Crippen molar-refractivity contribution in [1.82, 2.24) is 19.9 Å². The van der Waals surface area contributed by atoms with Crippen LogP contribution < -0.4 is 9.47 Å². The summed E-state index contributed by atoms with van der Waals surface area (Å²) < 4.78 is 13.4. The molecule has 0 bridgehead atoms. The van der Waals surface area contributed by atoms with Gasteiger partial charge in [-0.3, -0.25) is 0 Å². The highest BCUT2D eigenvalue weighted by molar-refractivity contribution is 5.98. The maximum atomic E-state index is 6.78. The monoisotopic (exact) mass is 566 g/mol. The van der Waals surface area contributed by atoms with Crippen LogP contribution in [0.1, 0.15) is 0 Å². The van der Waals surface area contributed by atoms with Gasteiger partial charge in [0.05, 0.1) is 27.6 Å². The van der Waals surface area contributed by atoms with Crippen molar-refractivity contribution in [3.63, 3.8) is 0 Å². The zero-order chi connectivity index (χ0) is 29.0. The number of para-hydroxylation sites is 6. The van der Waals surface area contributed by atoms with E-state index in [1.165, 1.54) is 0 Å². The summed E-state index contributed by atoms with van der Waals surface area (Å²) in [7, 11) is 0. The van der Waals surface area contributed by atoms with E-state index in [0.717, 1.165) is 54.6 Å². The smallest absolute Gasteiger partial charge is 0.197 e. The predicted molar refractivity (Wildman–Crippen MR) is 176 cm³/mol. The molecular weight excluding hydrogens is 544 g/mol. The third-order valence-electron chi connectivity index (χ3n) is 7.88. The van der Waals surface area contributed by atoms with Crippen molar-refractivity contribution in [1.29, 1.82) is 0 Å². The van der Waals surface area contributed by atoms with Crippen LogP contribution in [-0.2, 0) is 0 Å². The Labute approximate surface area is 251 Å². The minimum Gasteiger partial charge on any atom is -0.451 e. The number of benzene rings is 6. The van der Waals surface area contributed by atoms with Gasteiger partial charge in [-0.15, -0.1) is 0 Å². The third kappa shape index (κ3) is 4.04. The highest BCUT2D eigenvalue weighted by Gasteiger charge is 2.19. The van der Waals surface area contributed by atoms with Crippen LogP contribution in [-0.4, -0.2) is 19.9 Å². The summed E-state index contributed by atoms with van der Waals surface area (Å²) in [5.74, 6) is 2.18. The average molecular weight is 567 g/mol. The molecule has 44 heavy (non-hydrogen) atoms. The first-order chi connectivity index (χ1) is 21.8. The summed E-state index contributed by atoms with van der Waals surface area (Å²) in [5.41, 5.74) is 6.18. The number of fused-ring (bicyclic) bond motifs is 6. The predicted octanol–water partition coefficient (Wildman–Crippen LogP) is 9.77. The molecule has 3 heterocycles. The summed E-state index contributed by atoms with van der Waals surface area (Å²) in [6.07, 6.45) is 0. The maximum absolute atomic E-state index is 6.78. The van der Waals surface area contributed by atoms with Crippen LogP contribution in [0, 0.1) is 0 Å². The van der Waals surface area contributed by atoms with Crippen molar-refractivity contribution in [2.45, 2.75) is 0 Å². The molecule has 0 fully saturated rings. The van der Waals surface area contributed by atoms with Crippen LogP contribution in [0.15, 0.2) is 133 Å². The van der Waals surface area contributed by atoms with Crippen molar-refractivity contribution >= 4 is 65.7 Å². The minimum absolute atomic E-state index is 0.459. The molecule has 0 spiro atoms. The van der Waals surface area contributed by atoms with Crippen LogP contribution in [0.5, 0.6) is 23.0 Å². The van der Waals surface area contributed by atoms with E-state index >= 15 is 0 Å². The number of rotatable bonds is 4. The van der Waals surface area contributed by atoms with E-state index < -0.39 is 0 Å². The van der Waals surface area contributed by atoms with Gasteiger partial charge in [-0.05, 0) is 60.7 Å². The Morgan fingerprint density at radius 1 is 0.318 bits per heavy atom. The number of nitrogens with zero attached hydrogens (tertiary/aromatic N) is 4. The van der Waals surface area contributed by atoms with E-state index in [0.29, 0.717) is 34.0 Å². The molecule has 3 aromatic heterocycles. The Balaban J connectivity index is 1.26. The molecule has 6 aromatic carbocycles. The second kappa shape index (κ2) is 9.71. The van der Waals surface area contributed by atoms with Crippen LogP contribution in [0.25, 0.3) is 65.7 Å². The Morgan fingerprint density at radius 3 is 1.45 bits per heavy atom. The molecule has 0 saturated carbocycles. The summed E-state index contributed by atoms with van der Waals surface area (Å²) in [6, 6.07) is 43.9. The third-order valence-corrected chi connectivity index (χ3v) is 7.88. The maximum Gasteiger partial charge on any atom is 0.197 e. The Kier molecular flexibility index (Phi) is 5.40. The van der Waals surface area contributed by atoms with E-state index in [2.05, 4.69) is 24.3 Å². The summed E-state index contributed by atoms with van der Waals surface area (Å²) in [5, 5.41) is 4.11. The molecule has 0 unspecified atom stereocenters. The molecule has 6 heteroatoms. The summed E-state index contributed by atoms with van der Waals surface area (Å²) in [6.45, 7) is 0. The molecule has 0 aliphatic rings. The number of hydrogen-bond acceptors (Lipinski definition) is 6. The lowest BCUT2D eigenvalue weighted by molar-refractivity contribution is 0.426. The zero-order valence-electron chi connectivity index (χ0n) is 23.3. The second-order valence-corrected chi connectivity index (χ2v) is 10.7. The fraction of sp³-hybridized carbons (Fsp3) is 0. The SMILES string of the molecule is c1ccc2nc3c(Oc4ccc5nc6ccccc6nc5c4Oc4cccc5cc6ccccc6nc45)cccc3cc2c1. The van der Waals surface area contributed by atoms with Crippen LogP contribution in [0.2, 0.25) is 0 Å². The molecule has 6 nitrogen and oxygen atoms in total. The van der Waals surface area contributed by atoms with E-state index in [9.17, 15) is 0 Å². The van der Waals surface area contributed by atoms with Gasteiger partial charge in [0.25, 0.3) is 0 Å². The standard InChI is InChI=1S/C38H22N4O2/c1-3-13-27-23(9-1)21-25-11-7-17-32(35(25)40-27)43-34-20-19-31-37(42-30-16-6-5-15-29(30)39-31)38(34)44-33-18-8-12-26-22-24-10-2-4-14-28(24)41-36(26)33/h1-22H. The van der Waals surface area contributed by atoms with Gasteiger partial charge in [0, 0.05) is 21.5 Å². The molecule has 0 saturated heterocycles. The van der Waals surface area contributed by atoms with Crippen molar-refractivity contribution in [3.05, 3.63) is 133 Å². The Hall–Kier alpha value is -6.14. The Morgan fingerprint density at radius 2 is 0.818 bits per heavy atom. The van der Waals surface area contributed by atoms with Crippen molar-refractivity contribution in [2.24, 2.45) is 0 Å². The van der Waals surface area contributed by atoms with Crippen LogP contribution >= 0.6 is 0 Å². The molecule has 9 rings (SSSR count). The van der Waals surface area contributed by atoms with E-state index in [1.54, 1.807) is 0 Å². The minimum atomic E-state index is 0.459. The number of hydrogen-bond donors (Lipinski definition) is 0. The fourth-order valence-electron chi connectivity index (χ4n) is 5.77. The summed E-state index contributed by atoms with van der Waals surface area (Å²) >= 11 is 0. The van der Waals surface area contributed by atoms with Gasteiger partial charge >= 0.3 is 0 Å². The number of aromatic nitrogens is 4. The fourth-order valence-corrected chi connectivity index (χ4v) is 5.77. The second-order valence-electron chi connectivity index (χ2n) is 10.7. The van der Waals surface area contributed by atoms with E-state index in [4.69, 9.17) is 29.4 Å². The van der Waals surface area contributed by atoms with Crippen LogP contribution in [0.4, 0.5) is 0 Å². The van der Waals surface area contributed by atoms with Gasteiger partial charge in [0.2, 0.25) is 0 Å². The van der Waals surface area contributed by atoms with Gasteiger partial charge in [-0.25, -0.2) is 19.9 Å². The molecule has 0 radical (unpaired) electrons. The molecule has 9 aromatic rings. The average Bonchev–Trinajstić information content (AvgIpc) is 3.07. The quantitative estimate of drug-likeness (QED) is 0.198. The molecule has 0 atom stereocenters. The Bertz CT molecular complexity index is 2580. The number of pyridine rings is 2. The van der Waals surface area contributed by atoms with Crippen molar-refractivity contribution in [3.8, 4) is 23.0 Å². The lowest BCUT2D eigenvalue weighted by atomic mass is 10.1. The van der Waals surface area contributed by atoms with Gasteiger partial charge < -0.3 is 9.47 Å². The first-order valence-corrected chi connectivity index (χ1v) is 14.4. The molecular formula is C38H22N4O2. The topological polar surface area (TPSA) is 70.0 Å². The summed E-state index contributed by atoms with van der Waals surface area (Å²) in [4.78, 5) is 19.8. The zero-order valence-corrected chi connectivity index (χ0v) is 23.3. The first kappa shape index (κ1) is 24.5. The molecule has 206 valence electrons. The molecule has 0 amide bonds. The first-order valence-electron chi connectivity index (χ1n) is 14.4. The highest BCUT2D eigenvalue weighted by atomic mass is 16.5. The molecule has 0 aliphatic carbocycles. The van der Waals surface area contributed by atoms with E-state index in [-0.39, 0.29) is 0 Å². The largest absolute Gasteiger partial charge is 0.451 e.